The Balaban J connectivity index is 2.63. The quantitative estimate of drug-likeness (QED) is 0.755. The van der Waals surface area contributed by atoms with Gasteiger partial charge in [0.25, 0.3) is 0 Å². The first-order valence-corrected chi connectivity index (χ1v) is 5.09. The van der Waals surface area contributed by atoms with Crippen LogP contribution in [0.4, 0.5) is 0 Å². The fourth-order valence-corrected chi connectivity index (χ4v) is 1.53. The highest BCUT2D eigenvalue weighted by Gasteiger charge is 2.09. The van der Waals surface area contributed by atoms with Crippen molar-refractivity contribution in [3.8, 4) is 5.69 Å². The summed E-state index contributed by atoms with van der Waals surface area (Å²) in [6.45, 7) is 3.55. The first-order valence-electron chi connectivity index (χ1n) is 4.71. The van der Waals surface area contributed by atoms with Crippen LogP contribution in [0.3, 0.4) is 0 Å². The fourth-order valence-electron chi connectivity index (χ4n) is 1.36. The highest BCUT2D eigenvalue weighted by Crippen LogP contribution is 2.18. The van der Waals surface area contributed by atoms with Crippen molar-refractivity contribution in [1.82, 2.24) is 14.5 Å². The van der Waals surface area contributed by atoms with Crippen LogP contribution in [-0.2, 0) is 0 Å². The highest BCUT2D eigenvalue weighted by molar-refractivity contribution is 6.31. The Kier molecular flexibility index (Phi) is 2.47. The summed E-state index contributed by atoms with van der Waals surface area (Å²) in [5.41, 5.74) is 1.16. The standard InChI is InChI=1S/C10H11ClN4O/c1-6-3-4-8(5-9(6)11)15-10(16)14(12)7(2)13-15/h3-5H,12H2,1-2H3. The number of nitrogens with two attached hydrogens (primary N) is 1. The molecule has 0 fully saturated rings. The molecule has 6 heteroatoms. The van der Waals surface area contributed by atoms with Crippen LogP contribution in [-0.4, -0.2) is 14.5 Å². The predicted octanol–water partition coefficient (Wildman–Crippen LogP) is 1.02. The molecular formula is C10H11ClN4O. The normalized spacial score (nSPS) is 10.7. The molecule has 2 N–H and O–H groups in total. The van der Waals surface area contributed by atoms with Gasteiger partial charge in [0.1, 0.15) is 0 Å². The number of nitrogen functional groups attached to an aromatic ring is 1. The van der Waals surface area contributed by atoms with Gasteiger partial charge in [-0.3, -0.25) is 0 Å². The molecule has 1 aromatic heterocycles. The molecule has 0 unspecified atom stereocenters. The molecule has 0 saturated carbocycles. The van der Waals surface area contributed by atoms with E-state index in [-0.39, 0.29) is 0 Å². The Morgan fingerprint density at radius 3 is 2.56 bits per heavy atom. The third kappa shape index (κ3) is 1.59. The monoisotopic (exact) mass is 238 g/mol. The maximum atomic E-state index is 11.7. The van der Waals surface area contributed by atoms with Gasteiger partial charge in [-0.1, -0.05) is 17.7 Å². The van der Waals surface area contributed by atoms with Gasteiger partial charge in [0, 0.05) is 5.02 Å². The van der Waals surface area contributed by atoms with E-state index in [2.05, 4.69) is 5.10 Å². The van der Waals surface area contributed by atoms with Crippen LogP contribution in [0, 0.1) is 13.8 Å². The molecule has 0 spiro atoms. The Morgan fingerprint density at radius 1 is 1.38 bits per heavy atom. The zero-order chi connectivity index (χ0) is 11.9. The van der Waals surface area contributed by atoms with Gasteiger partial charge in [0.2, 0.25) is 0 Å². The van der Waals surface area contributed by atoms with Gasteiger partial charge in [-0.25, -0.2) is 4.79 Å². The van der Waals surface area contributed by atoms with Crippen molar-refractivity contribution in [2.45, 2.75) is 13.8 Å². The van der Waals surface area contributed by atoms with Gasteiger partial charge in [-0.2, -0.15) is 9.36 Å². The highest BCUT2D eigenvalue weighted by atomic mass is 35.5. The molecule has 1 heterocycles. The minimum atomic E-state index is -0.391. The van der Waals surface area contributed by atoms with E-state index in [0.29, 0.717) is 16.5 Å². The molecule has 1 aromatic carbocycles. The number of rotatable bonds is 1. The van der Waals surface area contributed by atoms with E-state index in [1.807, 2.05) is 13.0 Å². The average molecular weight is 239 g/mol. The Hall–Kier alpha value is -1.75. The molecule has 0 atom stereocenters. The third-order valence-electron chi connectivity index (χ3n) is 2.38. The van der Waals surface area contributed by atoms with E-state index in [1.54, 1.807) is 19.1 Å². The van der Waals surface area contributed by atoms with Gasteiger partial charge in [0.05, 0.1) is 5.69 Å². The van der Waals surface area contributed by atoms with Crippen molar-refractivity contribution >= 4 is 11.6 Å². The van der Waals surface area contributed by atoms with Crippen LogP contribution in [0.15, 0.2) is 23.0 Å². The van der Waals surface area contributed by atoms with Crippen LogP contribution in [0.25, 0.3) is 5.69 Å². The summed E-state index contributed by atoms with van der Waals surface area (Å²) in [6, 6.07) is 5.29. The number of hydrogen-bond acceptors (Lipinski definition) is 3. The van der Waals surface area contributed by atoms with E-state index >= 15 is 0 Å². The summed E-state index contributed by atoms with van der Waals surface area (Å²) in [5.74, 6) is 5.94. The van der Waals surface area contributed by atoms with Crippen LogP contribution in [0.2, 0.25) is 5.02 Å². The van der Waals surface area contributed by atoms with E-state index in [1.165, 1.54) is 4.68 Å². The topological polar surface area (TPSA) is 65.8 Å². The maximum absolute atomic E-state index is 11.7. The van der Waals surface area contributed by atoms with E-state index < -0.39 is 5.69 Å². The molecular weight excluding hydrogens is 228 g/mol. The minimum Gasteiger partial charge on any atom is -0.333 e. The largest absolute Gasteiger partial charge is 0.369 e. The maximum Gasteiger partial charge on any atom is 0.369 e. The van der Waals surface area contributed by atoms with Gasteiger partial charge < -0.3 is 5.84 Å². The summed E-state index contributed by atoms with van der Waals surface area (Å²) in [7, 11) is 0. The number of nitrogens with zero attached hydrogens (tertiary/aromatic N) is 3. The molecule has 0 bridgehead atoms. The lowest BCUT2D eigenvalue weighted by atomic mass is 10.2. The first-order chi connectivity index (χ1) is 7.50. The summed E-state index contributed by atoms with van der Waals surface area (Å²) < 4.78 is 2.22. The zero-order valence-corrected chi connectivity index (χ0v) is 9.69. The molecule has 84 valence electrons. The second-order valence-electron chi connectivity index (χ2n) is 3.55. The van der Waals surface area contributed by atoms with E-state index in [0.717, 1.165) is 10.2 Å². The van der Waals surface area contributed by atoms with E-state index in [4.69, 9.17) is 17.4 Å². The Morgan fingerprint density at radius 2 is 2.06 bits per heavy atom. The first kappa shape index (κ1) is 10.8. The number of aromatic nitrogens is 3. The Labute approximate surface area is 97.0 Å². The molecule has 5 nitrogen and oxygen atoms in total. The molecule has 2 rings (SSSR count). The lowest BCUT2D eigenvalue weighted by molar-refractivity contribution is 0.820. The van der Waals surface area contributed by atoms with Crippen LogP contribution in [0.1, 0.15) is 11.4 Å². The summed E-state index contributed by atoms with van der Waals surface area (Å²) in [6.07, 6.45) is 0. The summed E-state index contributed by atoms with van der Waals surface area (Å²) in [5, 5.41) is 4.63. The second-order valence-corrected chi connectivity index (χ2v) is 3.95. The molecule has 0 radical (unpaired) electrons. The third-order valence-corrected chi connectivity index (χ3v) is 2.79. The van der Waals surface area contributed by atoms with Crippen LogP contribution < -0.4 is 11.5 Å². The van der Waals surface area contributed by atoms with Crippen molar-refractivity contribution in [3.63, 3.8) is 0 Å². The molecule has 0 aliphatic heterocycles. The SMILES string of the molecule is Cc1ccc(-n2nc(C)n(N)c2=O)cc1Cl. The average Bonchev–Trinajstić information content (AvgIpc) is 2.50. The smallest absolute Gasteiger partial charge is 0.333 e. The van der Waals surface area contributed by atoms with Crippen molar-refractivity contribution < 1.29 is 0 Å². The summed E-state index contributed by atoms with van der Waals surface area (Å²) >= 11 is 5.98. The van der Waals surface area contributed by atoms with Gasteiger partial charge in [0.15, 0.2) is 5.82 Å². The van der Waals surface area contributed by atoms with Crippen LogP contribution in [0.5, 0.6) is 0 Å². The zero-order valence-electron chi connectivity index (χ0n) is 8.94. The minimum absolute atomic E-state index is 0.391. The second kappa shape index (κ2) is 3.68. The predicted molar refractivity (Wildman–Crippen MR) is 62.5 cm³/mol. The number of halogens is 1. The Bertz CT molecular complexity index is 599. The molecule has 0 aliphatic rings. The van der Waals surface area contributed by atoms with Crippen molar-refractivity contribution in [2.24, 2.45) is 0 Å². The molecule has 16 heavy (non-hydrogen) atoms. The molecule has 0 amide bonds. The van der Waals surface area contributed by atoms with Crippen LogP contribution >= 0.6 is 11.6 Å². The van der Waals surface area contributed by atoms with Gasteiger partial charge in [-0.15, -0.1) is 5.10 Å². The number of hydrogen-bond donors (Lipinski definition) is 1. The van der Waals surface area contributed by atoms with Crippen molar-refractivity contribution in [2.75, 3.05) is 5.84 Å². The van der Waals surface area contributed by atoms with Crippen molar-refractivity contribution in [3.05, 3.63) is 45.1 Å². The van der Waals surface area contributed by atoms with Gasteiger partial charge >= 0.3 is 5.69 Å². The van der Waals surface area contributed by atoms with E-state index in [9.17, 15) is 4.79 Å². The lowest BCUT2D eigenvalue weighted by Crippen LogP contribution is -2.29. The number of aryl methyl sites for hydroxylation is 2. The molecule has 0 aliphatic carbocycles. The molecule has 0 saturated heterocycles. The van der Waals surface area contributed by atoms with Crippen molar-refractivity contribution in [1.29, 1.82) is 0 Å². The lowest BCUT2D eigenvalue weighted by Gasteiger charge is -2.02. The van der Waals surface area contributed by atoms with Gasteiger partial charge in [-0.05, 0) is 31.5 Å². The number of benzene rings is 1. The molecule has 2 aromatic rings. The fraction of sp³-hybridized carbons (Fsp3) is 0.200. The summed E-state index contributed by atoms with van der Waals surface area (Å²) in [4.78, 5) is 11.7.